The molecule has 1 aromatic rings. The number of benzene rings is 1. The molecule has 1 aliphatic rings. The van der Waals surface area contributed by atoms with Gasteiger partial charge in [-0.25, -0.2) is 0 Å². The molecule has 100 valence electrons. The van der Waals surface area contributed by atoms with Gasteiger partial charge in [0.2, 0.25) is 6.79 Å². The molecule has 1 unspecified atom stereocenters. The second kappa shape index (κ2) is 6.04. The molecule has 5 nitrogen and oxygen atoms in total. The highest BCUT2D eigenvalue weighted by Crippen LogP contribution is 2.34. The van der Waals surface area contributed by atoms with E-state index in [0.717, 1.165) is 24.5 Å². The van der Waals surface area contributed by atoms with E-state index in [2.05, 4.69) is 12.2 Å². The third-order valence-corrected chi connectivity index (χ3v) is 3.05. The maximum atomic E-state index is 9.31. The molecule has 0 amide bonds. The van der Waals surface area contributed by atoms with Crippen LogP contribution in [0.5, 0.6) is 11.5 Å². The number of rotatable bonds is 6. The second-order valence-corrected chi connectivity index (χ2v) is 4.48. The molecule has 1 aliphatic heterocycles. The quantitative estimate of drug-likeness (QED) is 0.629. The van der Waals surface area contributed by atoms with Gasteiger partial charge in [0.1, 0.15) is 0 Å². The van der Waals surface area contributed by atoms with Gasteiger partial charge in [0, 0.05) is 13.1 Å². The molecule has 0 aromatic heterocycles. The van der Waals surface area contributed by atoms with Crippen molar-refractivity contribution in [2.24, 2.45) is 5.73 Å². The Balaban J connectivity index is 1.86. The SMILES string of the molecule is Cc1cc2c(cc1CCNCC(O)CN)OCO2. The van der Waals surface area contributed by atoms with Crippen LogP contribution in [0.4, 0.5) is 0 Å². The molecule has 0 saturated heterocycles. The summed E-state index contributed by atoms with van der Waals surface area (Å²) in [6.07, 6.45) is 0.419. The Kier molecular flexibility index (Phi) is 4.41. The van der Waals surface area contributed by atoms with E-state index >= 15 is 0 Å². The first-order chi connectivity index (χ1) is 8.70. The molecule has 0 saturated carbocycles. The summed E-state index contributed by atoms with van der Waals surface area (Å²) >= 11 is 0. The number of hydrogen-bond donors (Lipinski definition) is 3. The van der Waals surface area contributed by atoms with Gasteiger partial charge < -0.3 is 25.6 Å². The molecule has 1 atom stereocenters. The molecule has 0 spiro atoms. The molecule has 18 heavy (non-hydrogen) atoms. The van der Waals surface area contributed by atoms with Crippen molar-refractivity contribution in [2.45, 2.75) is 19.4 Å². The lowest BCUT2D eigenvalue weighted by Crippen LogP contribution is -2.33. The predicted octanol–water partition coefficient (Wildman–Crippen LogP) is 0.175. The molecule has 0 aliphatic carbocycles. The lowest BCUT2D eigenvalue weighted by atomic mass is 10.0. The largest absolute Gasteiger partial charge is 0.454 e. The minimum absolute atomic E-state index is 0.288. The molecular formula is C13H20N2O3. The van der Waals surface area contributed by atoms with Gasteiger partial charge in [-0.2, -0.15) is 0 Å². The summed E-state index contributed by atoms with van der Waals surface area (Å²) in [5, 5.41) is 12.5. The first-order valence-corrected chi connectivity index (χ1v) is 6.18. The first-order valence-electron chi connectivity index (χ1n) is 6.18. The van der Waals surface area contributed by atoms with Crippen LogP contribution in [0, 0.1) is 6.92 Å². The minimum Gasteiger partial charge on any atom is -0.454 e. The number of nitrogens with two attached hydrogens (primary N) is 1. The highest BCUT2D eigenvalue weighted by molar-refractivity contribution is 5.48. The van der Waals surface area contributed by atoms with Crippen LogP contribution in [0.1, 0.15) is 11.1 Å². The van der Waals surface area contributed by atoms with Crippen molar-refractivity contribution in [3.05, 3.63) is 23.3 Å². The van der Waals surface area contributed by atoms with E-state index < -0.39 is 6.10 Å². The Labute approximate surface area is 107 Å². The molecule has 1 heterocycles. The van der Waals surface area contributed by atoms with Crippen LogP contribution >= 0.6 is 0 Å². The topological polar surface area (TPSA) is 76.7 Å². The van der Waals surface area contributed by atoms with Crippen LogP contribution in [0.2, 0.25) is 0 Å². The highest BCUT2D eigenvalue weighted by Gasteiger charge is 2.15. The Morgan fingerprint density at radius 1 is 1.39 bits per heavy atom. The fourth-order valence-electron chi connectivity index (χ4n) is 1.93. The molecule has 0 radical (unpaired) electrons. The molecule has 2 rings (SSSR count). The van der Waals surface area contributed by atoms with E-state index in [1.165, 1.54) is 11.1 Å². The number of aliphatic hydroxyl groups excluding tert-OH is 1. The fourth-order valence-corrected chi connectivity index (χ4v) is 1.93. The molecule has 4 N–H and O–H groups in total. The zero-order chi connectivity index (χ0) is 13.0. The van der Waals surface area contributed by atoms with Crippen molar-refractivity contribution in [1.29, 1.82) is 0 Å². The smallest absolute Gasteiger partial charge is 0.231 e. The Hall–Kier alpha value is -1.30. The summed E-state index contributed by atoms with van der Waals surface area (Å²) in [6.45, 7) is 3.99. The Morgan fingerprint density at radius 3 is 2.83 bits per heavy atom. The summed E-state index contributed by atoms with van der Waals surface area (Å²) < 4.78 is 10.7. The summed E-state index contributed by atoms with van der Waals surface area (Å²) in [6, 6.07) is 4.03. The molecule has 5 heteroatoms. The van der Waals surface area contributed by atoms with Crippen LogP contribution in [0.3, 0.4) is 0 Å². The predicted molar refractivity (Wildman–Crippen MR) is 68.9 cm³/mol. The van der Waals surface area contributed by atoms with Crippen LogP contribution in [-0.4, -0.2) is 37.6 Å². The highest BCUT2D eigenvalue weighted by atomic mass is 16.7. The number of aliphatic hydroxyl groups is 1. The van der Waals surface area contributed by atoms with Crippen molar-refractivity contribution in [2.75, 3.05) is 26.4 Å². The van der Waals surface area contributed by atoms with Crippen LogP contribution in [0.15, 0.2) is 12.1 Å². The van der Waals surface area contributed by atoms with Gasteiger partial charge in [-0.3, -0.25) is 0 Å². The van der Waals surface area contributed by atoms with E-state index in [4.69, 9.17) is 15.2 Å². The molecule has 1 aromatic carbocycles. The third-order valence-electron chi connectivity index (χ3n) is 3.05. The van der Waals surface area contributed by atoms with Crippen molar-refractivity contribution in [1.82, 2.24) is 5.32 Å². The average Bonchev–Trinajstić information content (AvgIpc) is 2.81. The van der Waals surface area contributed by atoms with Gasteiger partial charge in [0.15, 0.2) is 11.5 Å². The fraction of sp³-hybridized carbons (Fsp3) is 0.538. The summed E-state index contributed by atoms with van der Waals surface area (Å²) in [4.78, 5) is 0. The van der Waals surface area contributed by atoms with E-state index in [1.807, 2.05) is 12.1 Å². The number of aryl methyl sites for hydroxylation is 1. The maximum absolute atomic E-state index is 9.31. The minimum atomic E-state index is -0.470. The lowest BCUT2D eigenvalue weighted by molar-refractivity contribution is 0.174. The zero-order valence-electron chi connectivity index (χ0n) is 10.6. The third kappa shape index (κ3) is 3.13. The van der Waals surface area contributed by atoms with Gasteiger partial charge in [0.25, 0.3) is 0 Å². The standard InChI is InChI=1S/C13H20N2O3/c1-9-4-12-13(18-8-17-12)5-10(9)2-3-15-7-11(16)6-14/h4-5,11,15-16H,2-3,6-8,14H2,1H3. The van der Waals surface area contributed by atoms with Crippen molar-refractivity contribution < 1.29 is 14.6 Å². The number of nitrogens with one attached hydrogen (secondary N) is 1. The number of ether oxygens (including phenoxy) is 2. The average molecular weight is 252 g/mol. The molecule has 0 fully saturated rings. The lowest BCUT2D eigenvalue weighted by Gasteiger charge is -2.11. The normalized spacial score (nSPS) is 14.8. The Bertz CT molecular complexity index is 409. The van der Waals surface area contributed by atoms with Crippen molar-refractivity contribution in [3.8, 4) is 11.5 Å². The molecule has 0 bridgehead atoms. The number of hydrogen-bond acceptors (Lipinski definition) is 5. The van der Waals surface area contributed by atoms with Gasteiger partial charge >= 0.3 is 0 Å². The van der Waals surface area contributed by atoms with E-state index in [1.54, 1.807) is 0 Å². The van der Waals surface area contributed by atoms with Gasteiger partial charge in [0.05, 0.1) is 6.10 Å². The number of fused-ring (bicyclic) bond motifs is 1. The first kappa shape index (κ1) is 13.1. The monoisotopic (exact) mass is 252 g/mol. The van der Waals surface area contributed by atoms with Crippen LogP contribution in [0.25, 0.3) is 0 Å². The van der Waals surface area contributed by atoms with Crippen LogP contribution < -0.4 is 20.5 Å². The maximum Gasteiger partial charge on any atom is 0.231 e. The summed E-state index contributed by atoms with van der Waals surface area (Å²) in [7, 11) is 0. The van der Waals surface area contributed by atoms with Crippen molar-refractivity contribution >= 4 is 0 Å². The molecular weight excluding hydrogens is 232 g/mol. The van der Waals surface area contributed by atoms with Gasteiger partial charge in [-0.15, -0.1) is 0 Å². The van der Waals surface area contributed by atoms with Crippen LogP contribution in [-0.2, 0) is 6.42 Å². The van der Waals surface area contributed by atoms with Gasteiger partial charge in [-0.1, -0.05) is 0 Å². The van der Waals surface area contributed by atoms with E-state index in [0.29, 0.717) is 13.3 Å². The van der Waals surface area contributed by atoms with E-state index in [-0.39, 0.29) is 6.54 Å². The van der Waals surface area contributed by atoms with E-state index in [9.17, 15) is 5.11 Å². The summed E-state index contributed by atoms with van der Waals surface area (Å²) in [5.41, 5.74) is 7.76. The van der Waals surface area contributed by atoms with Gasteiger partial charge in [-0.05, 0) is 43.1 Å². The zero-order valence-corrected chi connectivity index (χ0v) is 10.6. The summed E-state index contributed by atoms with van der Waals surface area (Å²) in [5.74, 6) is 1.64. The van der Waals surface area contributed by atoms with Crippen molar-refractivity contribution in [3.63, 3.8) is 0 Å². The second-order valence-electron chi connectivity index (χ2n) is 4.48. The Morgan fingerprint density at radius 2 is 2.11 bits per heavy atom.